The molecule has 1 aliphatic rings. The molecule has 1 heterocycles. The van der Waals surface area contributed by atoms with Gasteiger partial charge in [0.05, 0.1) is 0 Å². The Morgan fingerprint density at radius 3 is 1.73 bits per heavy atom. The van der Waals surface area contributed by atoms with Crippen LogP contribution in [-0.4, -0.2) is 34.4 Å². The number of aliphatic hydroxyl groups is 2. The Hall–Kier alpha value is -1.18. The highest BCUT2D eigenvalue weighted by Crippen LogP contribution is 2.05. The largest absolute Gasteiger partial charge is 0.378 e. The maximum absolute atomic E-state index is 10.4. The predicted octanol–water partition coefficient (Wildman–Crippen LogP) is -2.35. The molecular formula is C4H4O7. The van der Waals surface area contributed by atoms with Crippen LogP contribution < -0.4 is 0 Å². The zero-order valence-corrected chi connectivity index (χ0v) is 5.09. The van der Waals surface area contributed by atoms with Crippen LogP contribution in [0.5, 0.6) is 0 Å². The predicted molar refractivity (Wildman–Crippen MR) is 25.3 cm³/mol. The van der Waals surface area contributed by atoms with Gasteiger partial charge in [-0.15, -0.1) is 0 Å². The van der Waals surface area contributed by atoms with Crippen LogP contribution in [0.25, 0.3) is 0 Å². The van der Waals surface area contributed by atoms with Crippen LogP contribution >= 0.6 is 0 Å². The Morgan fingerprint density at radius 1 is 1.00 bits per heavy atom. The standard InChI is InChI=1S/C4H4O7/c5-1-2(6)4(8)10-11-9-3(1)7/h1-2,5-6H/t1-,2-/m1/s1. The van der Waals surface area contributed by atoms with Crippen molar-refractivity contribution in [2.24, 2.45) is 0 Å². The van der Waals surface area contributed by atoms with Gasteiger partial charge in [-0.25, -0.2) is 9.59 Å². The van der Waals surface area contributed by atoms with E-state index in [0.29, 0.717) is 0 Å². The second kappa shape index (κ2) is 2.82. The normalized spacial score (nSPS) is 32.2. The maximum Gasteiger partial charge on any atom is 0.378 e. The molecule has 2 N–H and O–H groups in total. The Morgan fingerprint density at radius 2 is 1.36 bits per heavy atom. The van der Waals surface area contributed by atoms with Crippen molar-refractivity contribution in [3.63, 3.8) is 0 Å². The minimum absolute atomic E-state index is 1.29. The van der Waals surface area contributed by atoms with Gasteiger partial charge in [-0.05, 0) is 0 Å². The zero-order valence-electron chi connectivity index (χ0n) is 5.09. The number of aliphatic hydroxyl groups excluding tert-OH is 2. The lowest BCUT2D eigenvalue weighted by atomic mass is 10.2. The van der Waals surface area contributed by atoms with Crippen molar-refractivity contribution >= 4 is 11.9 Å². The first kappa shape index (κ1) is 7.92. The van der Waals surface area contributed by atoms with E-state index in [-0.39, 0.29) is 0 Å². The van der Waals surface area contributed by atoms with Gasteiger partial charge in [0, 0.05) is 5.04 Å². The molecule has 1 rings (SSSR count). The Kier molecular flexibility index (Phi) is 2.03. The minimum Gasteiger partial charge on any atom is -0.378 e. The summed E-state index contributed by atoms with van der Waals surface area (Å²) in [6, 6.07) is 0. The Balaban J connectivity index is 2.73. The van der Waals surface area contributed by atoms with Gasteiger partial charge in [-0.1, -0.05) is 0 Å². The fourth-order valence-electron chi connectivity index (χ4n) is 0.440. The third kappa shape index (κ3) is 1.45. The molecule has 1 aliphatic heterocycles. The number of carbonyl (C=O) groups is 2. The zero-order chi connectivity index (χ0) is 8.43. The molecule has 0 saturated carbocycles. The van der Waals surface area contributed by atoms with E-state index in [4.69, 9.17) is 10.2 Å². The molecule has 0 amide bonds. The van der Waals surface area contributed by atoms with Crippen molar-refractivity contribution in [2.45, 2.75) is 12.2 Å². The monoisotopic (exact) mass is 164 g/mol. The molecule has 0 aliphatic carbocycles. The summed E-state index contributed by atoms with van der Waals surface area (Å²) in [5.74, 6) is -2.58. The van der Waals surface area contributed by atoms with Gasteiger partial charge in [-0.2, -0.15) is 0 Å². The lowest BCUT2D eigenvalue weighted by molar-refractivity contribution is -0.456. The highest BCUT2D eigenvalue weighted by molar-refractivity contribution is 5.85. The minimum atomic E-state index is -1.97. The van der Waals surface area contributed by atoms with Gasteiger partial charge in [0.2, 0.25) is 0 Å². The van der Waals surface area contributed by atoms with Gasteiger partial charge in [0.1, 0.15) is 0 Å². The summed E-state index contributed by atoms with van der Waals surface area (Å²) in [5, 5.41) is 20.9. The molecule has 11 heavy (non-hydrogen) atoms. The molecule has 1 saturated heterocycles. The molecule has 0 aromatic rings. The van der Waals surface area contributed by atoms with Crippen molar-refractivity contribution < 1.29 is 34.6 Å². The van der Waals surface area contributed by atoms with Crippen molar-refractivity contribution in [1.82, 2.24) is 0 Å². The highest BCUT2D eigenvalue weighted by atomic mass is 17.5. The lowest BCUT2D eigenvalue weighted by Crippen LogP contribution is -2.38. The Bertz CT molecular complexity index is 167. The molecule has 0 aromatic carbocycles. The van der Waals surface area contributed by atoms with E-state index in [2.05, 4.69) is 14.8 Å². The van der Waals surface area contributed by atoms with Crippen LogP contribution in [0.3, 0.4) is 0 Å². The van der Waals surface area contributed by atoms with Gasteiger partial charge >= 0.3 is 11.9 Å². The highest BCUT2D eigenvalue weighted by Gasteiger charge is 2.37. The molecular weight excluding hydrogens is 160 g/mol. The molecule has 0 bridgehead atoms. The van der Waals surface area contributed by atoms with E-state index in [1.54, 1.807) is 0 Å². The molecule has 0 unspecified atom stereocenters. The van der Waals surface area contributed by atoms with Gasteiger partial charge in [-0.3, -0.25) is 9.78 Å². The maximum atomic E-state index is 10.4. The molecule has 0 radical (unpaired) electrons. The first-order valence-corrected chi connectivity index (χ1v) is 2.58. The summed E-state index contributed by atoms with van der Waals surface area (Å²) < 4.78 is 0. The van der Waals surface area contributed by atoms with Crippen molar-refractivity contribution in [3.8, 4) is 0 Å². The third-order valence-electron chi connectivity index (χ3n) is 1.01. The third-order valence-corrected chi connectivity index (χ3v) is 1.01. The number of hydrogen-bond donors (Lipinski definition) is 2. The van der Waals surface area contributed by atoms with E-state index in [1.165, 1.54) is 0 Å². The van der Waals surface area contributed by atoms with Crippen LogP contribution in [0, 0.1) is 0 Å². The van der Waals surface area contributed by atoms with Crippen molar-refractivity contribution in [2.75, 3.05) is 0 Å². The fourth-order valence-corrected chi connectivity index (χ4v) is 0.440. The molecule has 7 nitrogen and oxygen atoms in total. The van der Waals surface area contributed by atoms with Gasteiger partial charge in [0.15, 0.2) is 12.2 Å². The summed E-state index contributed by atoms with van der Waals surface area (Å²) in [7, 11) is 0. The number of hydrogen-bond acceptors (Lipinski definition) is 7. The molecule has 0 spiro atoms. The van der Waals surface area contributed by atoms with Gasteiger partial charge in [0.25, 0.3) is 0 Å². The summed E-state index contributed by atoms with van der Waals surface area (Å²) >= 11 is 0. The van der Waals surface area contributed by atoms with Crippen molar-refractivity contribution in [3.05, 3.63) is 0 Å². The van der Waals surface area contributed by atoms with Crippen LogP contribution in [0.2, 0.25) is 0 Å². The van der Waals surface area contributed by atoms with Crippen LogP contribution in [0.1, 0.15) is 0 Å². The second-order valence-corrected chi connectivity index (χ2v) is 1.76. The average Bonchev–Trinajstić information content (AvgIpc) is 2.07. The van der Waals surface area contributed by atoms with E-state index in [9.17, 15) is 9.59 Å². The number of rotatable bonds is 0. The Labute approximate surface area is 59.9 Å². The topological polar surface area (TPSA) is 102 Å². The van der Waals surface area contributed by atoms with Crippen LogP contribution in [-0.2, 0) is 24.4 Å². The molecule has 1 fully saturated rings. The lowest BCUT2D eigenvalue weighted by Gasteiger charge is -2.04. The quantitative estimate of drug-likeness (QED) is 0.386. The summed E-state index contributed by atoms with van der Waals surface area (Å²) in [5.41, 5.74) is 0. The summed E-state index contributed by atoms with van der Waals surface area (Å²) in [6.45, 7) is 0. The molecule has 0 aromatic heterocycles. The summed E-state index contributed by atoms with van der Waals surface area (Å²) in [6.07, 6.45) is -3.94. The smallest absolute Gasteiger partial charge is 0.378 e. The molecule has 62 valence electrons. The number of carbonyl (C=O) groups excluding carboxylic acids is 2. The fraction of sp³-hybridized carbons (Fsp3) is 0.500. The molecule has 2 atom stereocenters. The van der Waals surface area contributed by atoms with E-state index < -0.39 is 24.1 Å². The van der Waals surface area contributed by atoms with Crippen LogP contribution in [0.4, 0.5) is 0 Å². The first-order chi connectivity index (χ1) is 5.13. The van der Waals surface area contributed by atoms with E-state index in [1.807, 2.05) is 0 Å². The first-order valence-electron chi connectivity index (χ1n) is 2.58. The average molecular weight is 164 g/mol. The van der Waals surface area contributed by atoms with E-state index in [0.717, 1.165) is 0 Å². The SMILES string of the molecule is O=C1OOOC(=O)[C@H](O)[C@H]1O. The summed E-state index contributed by atoms with van der Waals surface area (Å²) in [4.78, 5) is 28.1. The van der Waals surface area contributed by atoms with Crippen LogP contribution in [0.15, 0.2) is 0 Å². The van der Waals surface area contributed by atoms with Gasteiger partial charge < -0.3 is 10.2 Å². The van der Waals surface area contributed by atoms with E-state index >= 15 is 0 Å². The molecule has 7 heteroatoms. The van der Waals surface area contributed by atoms with Crippen molar-refractivity contribution in [1.29, 1.82) is 0 Å². The second-order valence-electron chi connectivity index (χ2n) is 1.76.